The zero-order chi connectivity index (χ0) is 10.3. The fourth-order valence-electron chi connectivity index (χ4n) is 1.54. The van der Waals surface area contributed by atoms with Crippen LogP contribution in [0.3, 0.4) is 0 Å². The van der Waals surface area contributed by atoms with Gasteiger partial charge in [0, 0.05) is 7.05 Å². The van der Waals surface area contributed by atoms with Crippen molar-refractivity contribution in [2.45, 2.75) is 0 Å². The molecule has 0 aliphatic heterocycles. The zero-order valence-corrected chi connectivity index (χ0v) is 8.02. The number of nitrogens with one attached hydrogen (secondary N) is 2. The Morgan fingerprint density at radius 1 is 1.20 bits per heavy atom. The van der Waals surface area contributed by atoms with Crippen LogP contribution >= 0.6 is 0 Å². The number of pyridine rings is 1. The van der Waals surface area contributed by atoms with Gasteiger partial charge in [-0.1, -0.05) is 0 Å². The molecule has 0 unspecified atom stereocenters. The van der Waals surface area contributed by atoms with E-state index in [1.54, 1.807) is 6.33 Å². The average molecular weight is 200 g/mol. The molecule has 0 fully saturated rings. The molecule has 3 heterocycles. The van der Waals surface area contributed by atoms with Gasteiger partial charge in [-0.15, -0.1) is 0 Å². The monoisotopic (exact) mass is 200 g/mol. The van der Waals surface area contributed by atoms with Crippen LogP contribution in [-0.4, -0.2) is 32.0 Å². The summed E-state index contributed by atoms with van der Waals surface area (Å²) in [6.07, 6.45) is 3.10. The van der Waals surface area contributed by atoms with Gasteiger partial charge in [-0.3, -0.25) is 0 Å². The number of imidazole rings is 1. The summed E-state index contributed by atoms with van der Waals surface area (Å²) in [6.45, 7) is 0. The first-order valence-electron chi connectivity index (χ1n) is 4.51. The first kappa shape index (κ1) is 8.10. The molecule has 0 aliphatic carbocycles. The summed E-state index contributed by atoms with van der Waals surface area (Å²) in [4.78, 5) is 19.6. The highest BCUT2D eigenvalue weighted by Crippen LogP contribution is 2.20. The Hall–Kier alpha value is -2.24. The minimum Gasteiger partial charge on any atom is -0.372 e. The number of rotatable bonds is 1. The fourth-order valence-corrected chi connectivity index (χ4v) is 1.54. The second-order valence-electron chi connectivity index (χ2n) is 3.11. The van der Waals surface area contributed by atoms with E-state index in [-0.39, 0.29) is 0 Å². The number of nitrogens with zero attached hydrogens (tertiary/aromatic N) is 4. The van der Waals surface area contributed by atoms with Crippen LogP contribution in [0.4, 0.5) is 5.82 Å². The van der Waals surface area contributed by atoms with Crippen LogP contribution in [0.1, 0.15) is 0 Å². The minimum absolute atomic E-state index is 0.647. The van der Waals surface area contributed by atoms with E-state index in [0.29, 0.717) is 11.3 Å². The third-order valence-corrected chi connectivity index (χ3v) is 2.25. The molecule has 3 rings (SSSR count). The normalized spacial score (nSPS) is 11.0. The van der Waals surface area contributed by atoms with E-state index < -0.39 is 0 Å². The maximum absolute atomic E-state index is 4.31. The molecule has 0 saturated heterocycles. The summed E-state index contributed by atoms with van der Waals surface area (Å²) in [5.74, 6) is 0.768. The van der Waals surface area contributed by atoms with E-state index in [1.807, 2.05) is 13.1 Å². The highest BCUT2D eigenvalue weighted by Gasteiger charge is 2.06. The number of fused-ring (bicyclic) bond motifs is 2. The molecular formula is C9H8N6. The Morgan fingerprint density at radius 2 is 2.13 bits per heavy atom. The van der Waals surface area contributed by atoms with E-state index in [1.165, 1.54) is 6.33 Å². The summed E-state index contributed by atoms with van der Waals surface area (Å²) < 4.78 is 0. The molecule has 0 aromatic carbocycles. The number of anilines is 1. The molecule has 0 saturated carbocycles. The average Bonchev–Trinajstić information content (AvgIpc) is 2.72. The van der Waals surface area contributed by atoms with Gasteiger partial charge in [-0.25, -0.2) is 19.9 Å². The Kier molecular flexibility index (Phi) is 1.55. The van der Waals surface area contributed by atoms with Crippen molar-refractivity contribution >= 4 is 28.0 Å². The molecule has 6 heteroatoms. The predicted molar refractivity (Wildman–Crippen MR) is 56.5 cm³/mol. The highest BCUT2D eigenvalue weighted by atomic mass is 15.0. The highest BCUT2D eigenvalue weighted by molar-refractivity contribution is 5.93. The molecule has 0 radical (unpaired) electrons. The molecule has 6 nitrogen and oxygen atoms in total. The van der Waals surface area contributed by atoms with Crippen LogP contribution in [0.15, 0.2) is 18.7 Å². The Bertz CT molecular complexity index is 629. The lowest BCUT2D eigenvalue weighted by atomic mass is 10.3. The lowest BCUT2D eigenvalue weighted by Gasteiger charge is -2.02. The molecule has 0 atom stereocenters. The van der Waals surface area contributed by atoms with Gasteiger partial charge in [-0.05, 0) is 6.07 Å². The summed E-state index contributed by atoms with van der Waals surface area (Å²) in [5, 5.41) is 3.89. The van der Waals surface area contributed by atoms with Crippen molar-refractivity contribution in [2.24, 2.45) is 0 Å². The number of hydrogen-bond acceptors (Lipinski definition) is 5. The number of H-pyrrole nitrogens is 1. The molecule has 0 bridgehead atoms. The topological polar surface area (TPSA) is 79.4 Å². The molecular weight excluding hydrogens is 192 g/mol. The second kappa shape index (κ2) is 2.88. The van der Waals surface area contributed by atoms with Gasteiger partial charge in [0.1, 0.15) is 12.1 Å². The van der Waals surface area contributed by atoms with Gasteiger partial charge in [0.05, 0.1) is 17.2 Å². The SMILES string of the molecule is CNc1ncnc2nc3nc[nH]c3cc12. The number of hydrogen-bond donors (Lipinski definition) is 2. The lowest BCUT2D eigenvalue weighted by Crippen LogP contribution is -1.96. The Balaban J connectivity index is 2.48. The lowest BCUT2D eigenvalue weighted by molar-refractivity contribution is 1.18. The van der Waals surface area contributed by atoms with Crippen LogP contribution in [0.25, 0.3) is 22.2 Å². The summed E-state index contributed by atoms with van der Waals surface area (Å²) in [5.41, 5.74) is 2.20. The van der Waals surface area contributed by atoms with Gasteiger partial charge < -0.3 is 10.3 Å². The van der Waals surface area contributed by atoms with Gasteiger partial charge in [0.25, 0.3) is 0 Å². The third-order valence-electron chi connectivity index (χ3n) is 2.25. The first-order chi connectivity index (χ1) is 7.38. The molecule has 2 N–H and O–H groups in total. The maximum atomic E-state index is 4.31. The van der Waals surface area contributed by atoms with Crippen molar-refractivity contribution in [3.8, 4) is 0 Å². The maximum Gasteiger partial charge on any atom is 0.179 e. The number of aromatic nitrogens is 5. The van der Waals surface area contributed by atoms with Gasteiger partial charge in [0.2, 0.25) is 0 Å². The molecule has 0 aliphatic rings. The van der Waals surface area contributed by atoms with Crippen molar-refractivity contribution in [1.82, 2.24) is 24.9 Å². The molecule has 3 aromatic heterocycles. The van der Waals surface area contributed by atoms with Crippen LogP contribution in [0.2, 0.25) is 0 Å². The summed E-state index contributed by atoms with van der Waals surface area (Å²) >= 11 is 0. The van der Waals surface area contributed by atoms with Crippen LogP contribution in [0, 0.1) is 0 Å². The smallest absolute Gasteiger partial charge is 0.179 e. The van der Waals surface area contributed by atoms with Crippen LogP contribution < -0.4 is 5.32 Å². The first-order valence-corrected chi connectivity index (χ1v) is 4.51. The molecule has 15 heavy (non-hydrogen) atoms. The largest absolute Gasteiger partial charge is 0.372 e. The number of aromatic amines is 1. The third kappa shape index (κ3) is 1.11. The fraction of sp³-hybridized carbons (Fsp3) is 0.111. The molecule has 3 aromatic rings. The van der Waals surface area contributed by atoms with Crippen molar-refractivity contribution in [1.29, 1.82) is 0 Å². The van der Waals surface area contributed by atoms with Gasteiger partial charge in [0.15, 0.2) is 11.3 Å². The summed E-state index contributed by atoms with van der Waals surface area (Å²) in [7, 11) is 1.82. The Labute approximate surface area is 84.8 Å². The molecule has 0 amide bonds. The minimum atomic E-state index is 0.647. The van der Waals surface area contributed by atoms with Gasteiger partial charge in [-0.2, -0.15) is 0 Å². The van der Waals surface area contributed by atoms with Crippen molar-refractivity contribution in [3.05, 3.63) is 18.7 Å². The standard InChI is InChI=1S/C9H8N6/c1-10-7-5-2-6-9(14-3-11-6)15-8(5)13-4-12-7/h2-4H,1H3,(H2,10,11,12,13,14,15). The molecule has 0 spiro atoms. The quantitative estimate of drug-likeness (QED) is 0.611. The predicted octanol–water partition coefficient (Wildman–Crippen LogP) is 0.943. The van der Waals surface area contributed by atoms with E-state index in [2.05, 4.69) is 30.2 Å². The summed E-state index contributed by atoms with van der Waals surface area (Å²) in [6, 6.07) is 1.94. The van der Waals surface area contributed by atoms with Gasteiger partial charge >= 0.3 is 0 Å². The van der Waals surface area contributed by atoms with Crippen molar-refractivity contribution in [2.75, 3.05) is 12.4 Å². The molecule has 74 valence electrons. The Morgan fingerprint density at radius 3 is 3.00 bits per heavy atom. The van der Waals surface area contributed by atoms with Crippen LogP contribution in [0.5, 0.6) is 0 Å². The van der Waals surface area contributed by atoms with E-state index >= 15 is 0 Å². The van der Waals surface area contributed by atoms with E-state index in [0.717, 1.165) is 16.7 Å². The van der Waals surface area contributed by atoms with E-state index in [4.69, 9.17) is 0 Å². The van der Waals surface area contributed by atoms with E-state index in [9.17, 15) is 0 Å². The zero-order valence-electron chi connectivity index (χ0n) is 8.02. The van der Waals surface area contributed by atoms with Crippen molar-refractivity contribution in [3.63, 3.8) is 0 Å². The second-order valence-corrected chi connectivity index (χ2v) is 3.11. The van der Waals surface area contributed by atoms with Crippen molar-refractivity contribution < 1.29 is 0 Å². The van der Waals surface area contributed by atoms with Crippen LogP contribution in [-0.2, 0) is 0 Å².